The van der Waals surface area contributed by atoms with Crippen molar-refractivity contribution in [3.8, 4) is 5.75 Å². The Balaban J connectivity index is 1.50. The van der Waals surface area contributed by atoms with E-state index in [0.29, 0.717) is 29.9 Å². The number of imidazole rings is 1. The van der Waals surface area contributed by atoms with Gasteiger partial charge in [-0.3, -0.25) is 0 Å². The van der Waals surface area contributed by atoms with Crippen molar-refractivity contribution in [2.75, 3.05) is 10.6 Å². The number of aromatic nitrogens is 4. The SMILES string of the molecule is NC1CCC(Nc2nc(Nc3ccc(O)cc3)c3ncn(C4CCCCC4)c3n2)CC1. The Hall–Kier alpha value is -2.87. The fourth-order valence-corrected chi connectivity index (χ4v) is 4.82. The molecule has 164 valence electrons. The molecule has 0 radical (unpaired) electrons. The van der Waals surface area contributed by atoms with Gasteiger partial charge in [-0.1, -0.05) is 19.3 Å². The average molecular weight is 422 g/mol. The molecule has 5 rings (SSSR count). The van der Waals surface area contributed by atoms with Crippen LogP contribution in [0.1, 0.15) is 63.8 Å². The van der Waals surface area contributed by atoms with Crippen molar-refractivity contribution in [1.82, 2.24) is 19.5 Å². The quantitative estimate of drug-likeness (QED) is 0.450. The van der Waals surface area contributed by atoms with Gasteiger partial charge in [-0.25, -0.2) is 4.98 Å². The molecule has 2 aromatic heterocycles. The molecule has 0 aliphatic heterocycles. The Labute approximate surface area is 182 Å². The van der Waals surface area contributed by atoms with E-state index >= 15 is 0 Å². The molecule has 2 heterocycles. The molecule has 2 aliphatic carbocycles. The zero-order chi connectivity index (χ0) is 21.2. The van der Waals surface area contributed by atoms with E-state index in [4.69, 9.17) is 15.7 Å². The largest absolute Gasteiger partial charge is 0.508 e. The lowest BCUT2D eigenvalue weighted by atomic mass is 9.92. The number of nitrogens with two attached hydrogens (primary N) is 1. The smallest absolute Gasteiger partial charge is 0.227 e. The van der Waals surface area contributed by atoms with Gasteiger partial charge in [0.05, 0.1) is 6.33 Å². The van der Waals surface area contributed by atoms with Gasteiger partial charge in [0, 0.05) is 23.8 Å². The average Bonchev–Trinajstić information content (AvgIpc) is 3.22. The highest BCUT2D eigenvalue weighted by Gasteiger charge is 2.23. The molecule has 8 nitrogen and oxygen atoms in total. The Bertz CT molecular complexity index is 1020. The predicted octanol–water partition coefficient (Wildman–Crippen LogP) is 4.46. The van der Waals surface area contributed by atoms with Crippen LogP contribution in [0.2, 0.25) is 0 Å². The van der Waals surface area contributed by atoms with Crippen LogP contribution in [0.25, 0.3) is 11.2 Å². The van der Waals surface area contributed by atoms with Crippen molar-refractivity contribution >= 4 is 28.6 Å². The van der Waals surface area contributed by atoms with Crippen molar-refractivity contribution in [3.05, 3.63) is 30.6 Å². The van der Waals surface area contributed by atoms with E-state index in [2.05, 4.69) is 20.2 Å². The van der Waals surface area contributed by atoms with Gasteiger partial charge >= 0.3 is 0 Å². The maximum Gasteiger partial charge on any atom is 0.227 e. The Morgan fingerprint density at radius 1 is 0.935 bits per heavy atom. The van der Waals surface area contributed by atoms with Crippen LogP contribution in [-0.4, -0.2) is 36.7 Å². The number of hydrogen-bond donors (Lipinski definition) is 4. The van der Waals surface area contributed by atoms with Crippen LogP contribution >= 0.6 is 0 Å². The summed E-state index contributed by atoms with van der Waals surface area (Å²) in [7, 11) is 0. The first-order chi connectivity index (χ1) is 15.2. The van der Waals surface area contributed by atoms with E-state index in [1.807, 2.05) is 18.5 Å². The summed E-state index contributed by atoms with van der Waals surface area (Å²) in [6.07, 6.45) is 12.2. The maximum absolute atomic E-state index is 9.60. The van der Waals surface area contributed by atoms with Crippen LogP contribution in [0.3, 0.4) is 0 Å². The second-order valence-electron chi connectivity index (χ2n) is 8.94. The third kappa shape index (κ3) is 4.44. The van der Waals surface area contributed by atoms with Crippen molar-refractivity contribution in [3.63, 3.8) is 0 Å². The third-order valence-electron chi connectivity index (χ3n) is 6.62. The Kier molecular flexibility index (Phi) is 5.63. The molecule has 2 saturated carbocycles. The van der Waals surface area contributed by atoms with Crippen LogP contribution < -0.4 is 16.4 Å². The molecule has 0 bridgehead atoms. The molecule has 1 aromatic carbocycles. The van der Waals surface area contributed by atoms with Gasteiger partial charge in [-0.15, -0.1) is 0 Å². The zero-order valence-corrected chi connectivity index (χ0v) is 17.8. The fourth-order valence-electron chi connectivity index (χ4n) is 4.82. The number of nitrogens with zero attached hydrogens (tertiary/aromatic N) is 4. The minimum atomic E-state index is 0.234. The lowest BCUT2D eigenvalue weighted by Gasteiger charge is -2.27. The first-order valence-electron chi connectivity index (χ1n) is 11.5. The summed E-state index contributed by atoms with van der Waals surface area (Å²) in [4.78, 5) is 14.4. The molecule has 2 aliphatic rings. The van der Waals surface area contributed by atoms with Gasteiger partial charge in [0.15, 0.2) is 17.0 Å². The minimum absolute atomic E-state index is 0.234. The van der Waals surface area contributed by atoms with Crippen LogP contribution in [0, 0.1) is 0 Å². The number of nitrogens with one attached hydrogen (secondary N) is 2. The van der Waals surface area contributed by atoms with Crippen molar-refractivity contribution < 1.29 is 5.11 Å². The summed E-state index contributed by atoms with van der Waals surface area (Å²) in [5.41, 5.74) is 8.57. The molecular weight excluding hydrogens is 390 g/mol. The summed E-state index contributed by atoms with van der Waals surface area (Å²) in [5, 5.41) is 16.5. The van der Waals surface area contributed by atoms with Crippen molar-refractivity contribution in [1.29, 1.82) is 0 Å². The molecule has 0 unspecified atom stereocenters. The van der Waals surface area contributed by atoms with E-state index in [1.165, 1.54) is 32.1 Å². The second kappa shape index (κ2) is 8.70. The van der Waals surface area contributed by atoms with Gasteiger partial charge in [-0.05, 0) is 62.8 Å². The molecule has 5 N–H and O–H groups in total. The molecule has 3 aromatic rings. The number of rotatable bonds is 5. The highest BCUT2D eigenvalue weighted by molar-refractivity contribution is 5.86. The standard InChI is InChI=1S/C23H31N7O/c24-15-6-8-17(9-7-15)27-23-28-21(26-16-10-12-19(31)13-11-16)20-22(29-23)30(14-25-20)18-4-2-1-3-5-18/h10-15,17-18,31H,1-9,24H2,(H2,26,27,28,29). The fraction of sp³-hybridized carbons (Fsp3) is 0.522. The summed E-state index contributed by atoms with van der Waals surface area (Å²) >= 11 is 0. The molecule has 0 saturated heterocycles. The van der Waals surface area contributed by atoms with Crippen molar-refractivity contribution in [2.24, 2.45) is 5.73 Å². The van der Waals surface area contributed by atoms with E-state index < -0.39 is 0 Å². The van der Waals surface area contributed by atoms with Gasteiger partial charge in [0.2, 0.25) is 5.95 Å². The van der Waals surface area contributed by atoms with Crippen LogP contribution in [0.15, 0.2) is 30.6 Å². The summed E-state index contributed by atoms with van der Waals surface area (Å²) in [6, 6.07) is 8.06. The van der Waals surface area contributed by atoms with E-state index in [1.54, 1.807) is 12.1 Å². The number of hydrogen-bond acceptors (Lipinski definition) is 7. The lowest BCUT2D eigenvalue weighted by molar-refractivity contribution is 0.358. The summed E-state index contributed by atoms with van der Waals surface area (Å²) < 4.78 is 2.24. The topological polar surface area (TPSA) is 114 Å². The Morgan fingerprint density at radius 2 is 1.68 bits per heavy atom. The lowest BCUT2D eigenvalue weighted by Crippen LogP contribution is -2.33. The maximum atomic E-state index is 9.60. The number of phenols is 1. The molecule has 8 heteroatoms. The molecule has 2 fully saturated rings. The zero-order valence-electron chi connectivity index (χ0n) is 17.8. The van der Waals surface area contributed by atoms with Crippen LogP contribution in [0.5, 0.6) is 5.75 Å². The number of anilines is 3. The monoisotopic (exact) mass is 421 g/mol. The van der Waals surface area contributed by atoms with E-state index in [0.717, 1.165) is 42.5 Å². The molecule has 0 amide bonds. The summed E-state index contributed by atoms with van der Waals surface area (Å²) in [6.45, 7) is 0. The van der Waals surface area contributed by atoms with Gasteiger partial charge in [0.25, 0.3) is 0 Å². The predicted molar refractivity (Wildman–Crippen MR) is 123 cm³/mol. The van der Waals surface area contributed by atoms with E-state index in [-0.39, 0.29) is 5.75 Å². The summed E-state index contributed by atoms with van der Waals surface area (Å²) in [5.74, 6) is 1.55. The highest BCUT2D eigenvalue weighted by atomic mass is 16.3. The molecule has 0 atom stereocenters. The van der Waals surface area contributed by atoms with Crippen LogP contribution in [0.4, 0.5) is 17.5 Å². The number of fused-ring (bicyclic) bond motifs is 1. The third-order valence-corrected chi connectivity index (χ3v) is 6.62. The number of benzene rings is 1. The second-order valence-corrected chi connectivity index (χ2v) is 8.94. The molecule has 31 heavy (non-hydrogen) atoms. The normalized spacial score (nSPS) is 22.5. The van der Waals surface area contributed by atoms with Gasteiger partial charge in [0.1, 0.15) is 5.75 Å². The molecular formula is C23H31N7O. The van der Waals surface area contributed by atoms with Crippen molar-refractivity contribution in [2.45, 2.75) is 75.9 Å². The number of phenolic OH excluding ortho intramolecular Hbond substituents is 1. The minimum Gasteiger partial charge on any atom is -0.508 e. The van der Waals surface area contributed by atoms with Crippen LogP contribution in [-0.2, 0) is 0 Å². The van der Waals surface area contributed by atoms with Gasteiger partial charge in [-0.2, -0.15) is 9.97 Å². The van der Waals surface area contributed by atoms with E-state index in [9.17, 15) is 5.11 Å². The first kappa shape index (κ1) is 20.1. The first-order valence-corrected chi connectivity index (χ1v) is 11.5. The highest BCUT2D eigenvalue weighted by Crippen LogP contribution is 2.33. The van der Waals surface area contributed by atoms with Gasteiger partial charge < -0.3 is 26.0 Å². The molecule has 0 spiro atoms. The Morgan fingerprint density at radius 3 is 2.42 bits per heavy atom. The number of aromatic hydroxyl groups is 1.